The quantitative estimate of drug-likeness (QED) is 0.385. The summed E-state index contributed by atoms with van der Waals surface area (Å²) in [5.41, 5.74) is 0. The van der Waals surface area contributed by atoms with Crippen LogP contribution in [0.1, 0.15) is 19.8 Å². The fourth-order valence-electron chi connectivity index (χ4n) is 0.479. The van der Waals surface area contributed by atoms with Crippen LogP contribution in [0.5, 0.6) is 0 Å². The Morgan fingerprint density at radius 3 is 2.71 bits per heavy atom. The molecule has 0 aliphatic carbocycles. The van der Waals surface area contributed by atoms with Gasteiger partial charge in [-0.1, -0.05) is 13.3 Å². The summed E-state index contributed by atoms with van der Waals surface area (Å²) in [6, 6.07) is 0. The molecule has 2 heteroatoms. The third-order valence-electron chi connectivity index (χ3n) is 0.957. The Morgan fingerprint density at radius 1 is 1.57 bits per heavy atom. The van der Waals surface area contributed by atoms with Crippen LogP contribution < -0.4 is 5.32 Å². The standard InChI is InChI=1S/C5H14BN/c1-2-3-4-7-5-6/h7H,2-6H2,1H3. The minimum atomic E-state index is 1.11. The van der Waals surface area contributed by atoms with Gasteiger partial charge in [0.05, 0.1) is 0 Å². The second-order valence-corrected chi connectivity index (χ2v) is 1.71. The van der Waals surface area contributed by atoms with Crippen LogP contribution in [-0.2, 0) is 0 Å². The maximum atomic E-state index is 3.25. The summed E-state index contributed by atoms with van der Waals surface area (Å²) in [5.74, 6) is 0. The molecule has 0 heterocycles. The Labute approximate surface area is 46.9 Å². The zero-order valence-corrected chi connectivity index (χ0v) is 5.33. The monoisotopic (exact) mass is 99.1 g/mol. The molecule has 0 amide bonds. The van der Waals surface area contributed by atoms with Crippen molar-refractivity contribution in [3.05, 3.63) is 0 Å². The van der Waals surface area contributed by atoms with Crippen LogP contribution in [0.4, 0.5) is 0 Å². The van der Waals surface area contributed by atoms with E-state index in [0.29, 0.717) is 0 Å². The van der Waals surface area contributed by atoms with Crippen LogP contribution in [0.25, 0.3) is 0 Å². The maximum Gasteiger partial charge on any atom is 0.119 e. The molecule has 0 bridgehead atoms. The first-order valence-corrected chi connectivity index (χ1v) is 3.12. The summed E-state index contributed by atoms with van der Waals surface area (Å²) >= 11 is 0. The number of hydrogen-bond acceptors (Lipinski definition) is 1. The van der Waals surface area contributed by atoms with Crippen molar-refractivity contribution in [2.75, 3.05) is 13.0 Å². The van der Waals surface area contributed by atoms with Gasteiger partial charge in [-0.2, -0.15) is 0 Å². The smallest absolute Gasteiger partial charge is 0.119 e. The maximum absolute atomic E-state index is 3.25. The van der Waals surface area contributed by atoms with Gasteiger partial charge < -0.3 is 5.32 Å². The van der Waals surface area contributed by atoms with Gasteiger partial charge in [0.2, 0.25) is 0 Å². The Hall–Kier alpha value is 0.0249. The Balaban J connectivity index is 2.45. The third kappa shape index (κ3) is 6.02. The lowest BCUT2D eigenvalue weighted by Gasteiger charge is -1.95. The van der Waals surface area contributed by atoms with Gasteiger partial charge in [-0.25, -0.2) is 0 Å². The molecule has 42 valence electrons. The molecule has 0 radical (unpaired) electrons. The number of rotatable bonds is 4. The minimum Gasteiger partial charge on any atom is -0.325 e. The predicted molar refractivity (Wildman–Crippen MR) is 36.3 cm³/mol. The van der Waals surface area contributed by atoms with E-state index in [1.165, 1.54) is 19.4 Å². The van der Waals surface area contributed by atoms with Crippen molar-refractivity contribution in [3.63, 3.8) is 0 Å². The number of unbranched alkanes of at least 4 members (excludes halogenated alkanes) is 1. The molecule has 0 saturated heterocycles. The summed E-state index contributed by atoms with van der Waals surface area (Å²) in [5, 5.41) is 3.25. The number of nitrogens with one attached hydrogen (secondary N) is 1. The molecule has 0 aromatic heterocycles. The van der Waals surface area contributed by atoms with E-state index < -0.39 is 0 Å². The SMILES string of the molecule is BCNCCCC. The van der Waals surface area contributed by atoms with Gasteiger partial charge in [-0.15, -0.1) is 0 Å². The highest BCUT2D eigenvalue weighted by molar-refractivity contribution is 6.08. The average Bonchev–Trinajstić information content (AvgIpc) is 1.69. The molecule has 0 saturated carbocycles. The van der Waals surface area contributed by atoms with Gasteiger partial charge in [-0.05, 0) is 19.4 Å². The third-order valence-corrected chi connectivity index (χ3v) is 0.957. The summed E-state index contributed by atoms with van der Waals surface area (Å²) < 4.78 is 0. The fourth-order valence-corrected chi connectivity index (χ4v) is 0.479. The Kier molecular flexibility index (Phi) is 6.05. The van der Waals surface area contributed by atoms with Crippen molar-refractivity contribution in [3.8, 4) is 0 Å². The van der Waals surface area contributed by atoms with E-state index in [2.05, 4.69) is 20.1 Å². The topological polar surface area (TPSA) is 12.0 Å². The molecule has 1 nitrogen and oxygen atoms in total. The highest BCUT2D eigenvalue weighted by atomic mass is 14.8. The molecule has 1 N–H and O–H groups in total. The lowest BCUT2D eigenvalue weighted by Crippen LogP contribution is -2.15. The van der Waals surface area contributed by atoms with Crippen molar-refractivity contribution >= 4 is 7.85 Å². The van der Waals surface area contributed by atoms with E-state index in [4.69, 9.17) is 0 Å². The zero-order chi connectivity index (χ0) is 5.54. The van der Waals surface area contributed by atoms with E-state index in [0.717, 1.165) is 6.44 Å². The zero-order valence-electron chi connectivity index (χ0n) is 5.33. The molecule has 0 aliphatic rings. The van der Waals surface area contributed by atoms with E-state index in [1.807, 2.05) is 0 Å². The lowest BCUT2D eigenvalue weighted by atomic mass is 10.1. The van der Waals surface area contributed by atoms with E-state index in [9.17, 15) is 0 Å². The van der Waals surface area contributed by atoms with Crippen molar-refractivity contribution < 1.29 is 0 Å². The van der Waals surface area contributed by atoms with Gasteiger partial charge in [-0.3, -0.25) is 0 Å². The van der Waals surface area contributed by atoms with Gasteiger partial charge in [0.15, 0.2) is 0 Å². The normalized spacial score (nSPS) is 9.29. The van der Waals surface area contributed by atoms with Crippen molar-refractivity contribution in [2.45, 2.75) is 19.8 Å². The Bertz CT molecular complexity index is 27.3. The molecule has 0 aromatic rings. The molecular weight excluding hydrogens is 84.9 g/mol. The molecule has 0 aromatic carbocycles. The van der Waals surface area contributed by atoms with E-state index in [1.54, 1.807) is 0 Å². The summed E-state index contributed by atoms with van der Waals surface area (Å²) in [7, 11) is 2.13. The van der Waals surface area contributed by atoms with Crippen LogP contribution in [0, 0.1) is 0 Å². The van der Waals surface area contributed by atoms with Crippen LogP contribution in [0.2, 0.25) is 0 Å². The summed E-state index contributed by atoms with van der Waals surface area (Å²) in [4.78, 5) is 0. The van der Waals surface area contributed by atoms with E-state index >= 15 is 0 Å². The summed E-state index contributed by atoms with van der Waals surface area (Å²) in [6.45, 7) is 3.39. The summed E-state index contributed by atoms with van der Waals surface area (Å²) in [6.07, 6.45) is 3.72. The first-order valence-electron chi connectivity index (χ1n) is 3.12. The molecule has 0 fully saturated rings. The molecule has 7 heavy (non-hydrogen) atoms. The Morgan fingerprint density at radius 2 is 2.29 bits per heavy atom. The van der Waals surface area contributed by atoms with Gasteiger partial charge >= 0.3 is 0 Å². The van der Waals surface area contributed by atoms with Crippen molar-refractivity contribution in [1.29, 1.82) is 0 Å². The predicted octanol–water partition coefficient (Wildman–Crippen LogP) is -0.0333. The molecule has 0 spiro atoms. The first kappa shape index (κ1) is 7.02. The first-order chi connectivity index (χ1) is 3.41. The molecular formula is C5H14BN. The molecule has 0 rings (SSSR count). The van der Waals surface area contributed by atoms with Gasteiger partial charge in [0.1, 0.15) is 7.85 Å². The van der Waals surface area contributed by atoms with Gasteiger partial charge in [0, 0.05) is 0 Å². The fraction of sp³-hybridized carbons (Fsp3) is 1.00. The van der Waals surface area contributed by atoms with Crippen molar-refractivity contribution in [2.24, 2.45) is 0 Å². The van der Waals surface area contributed by atoms with Crippen molar-refractivity contribution in [1.82, 2.24) is 5.32 Å². The second-order valence-electron chi connectivity index (χ2n) is 1.71. The highest BCUT2D eigenvalue weighted by Crippen LogP contribution is 1.79. The van der Waals surface area contributed by atoms with Crippen LogP contribution in [0.3, 0.4) is 0 Å². The molecule has 0 unspecified atom stereocenters. The molecule has 0 aliphatic heterocycles. The van der Waals surface area contributed by atoms with Crippen LogP contribution in [0.15, 0.2) is 0 Å². The average molecular weight is 99.0 g/mol. The second kappa shape index (κ2) is 6.02. The van der Waals surface area contributed by atoms with Crippen LogP contribution in [-0.4, -0.2) is 20.8 Å². The molecule has 0 atom stereocenters. The highest BCUT2D eigenvalue weighted by Gasteiger charge is 1.77. The number of hydrogen-bond donors (Lipinski definition) is 1. The van der Waals surface area contributed by atoms with Gasteiger partial charge in [0.25, 0.3) is 0 Å². The largest absolute Gasteiger partial charge is 0.325 e. The van der Waals surface area contributed by atoms with E-state index in [-0.39, 0.29) is 0 Å². The minimum absolute atomic E-state index is 1.11. The van der Waals surface area contributed by atoms with Crippen LogP contribution >= 0.6 is 0 Å². The lowest BCUT2D eigenvalue weighted by molar-refractivity contribution is 0.697.